The van der Waals surface area contributed by atoms with Crippen LogP contribution in [0.2, 0.25) is 0 Å². The SMILES string of the molecule is C=O.CC(=O)CCCCCO. The van der Waals surface area contributed by atoms with E-state index in [4.69, 9.17) is 9.90 Å². The second-order valence-electron chi connectivity index (χ2n) is 2.24. The number of hydrogen-bond acceptors (Lipinski definition) is 3. The highest BCUT2D eigenvalue weighted by Crippen LogP contribution is 1.98. The second-order valence-corrected chi connectivity index (χ2v) is 2.24. The van der Waals surface area contributed by atoms with E-state index >= 15 is 0 Å². The van der Waals surface area contributed by atoms with E-state index in [-0.39, 0.29) is 12.4 Å². The Morgan fingerprint density at radius 3 is 2.18 bits per heavy atom. The zero-order chi connectivity index (χ0) is 9.11. The smallest absolute Gasteiger partial charge is 0.129 e. The number of aliphatic hydroxyl groups excluding tert-OH is 1. The Bertz CT molecular complexity index is 91.3. The first-order chi connectivity index (χ1) is 5.27. The molecule has 1 N–H and O–H groups in total. The van der Waals surface area contributed by atoms with Crippen molar-refractivity contribution in [1.82, 2.24) is 0 Å². The summed E-state index contributed by atoms with van der Waals surface area (Å²) in [6, 6.07) is 0. The summed E-state index contributed by atoms with van der Waals surface area (Å²) in [5.41, 5.74) is 0. The molecule has 66 valence electrons. The van der Waals surface area contributed by atoms with Gasteiger partial charge in [-0.15, -0.1) is 0 Å². The van der Waals surface area contributed by atoms with Crippen LogP contribution in [-0.2, 0) is 9.59 Å². The molecule has 0 saturated heterocycles. The van der Waals surface area contributed by atoms with Crippen LogP contribution < -0.4 is 0 Å². The number of aliphatic hydroxyl groups is 1. The number of carbonyl (C=O) groups is 2. The molecule has 3 nitrogen and oxygen atoms in total. The fourth-order valence-corrected chi connectivity index (χ4v) is 0.663. The van der Waals surface area contributed by atoms with Crippen LogP contribution in [0.5, 0.6) is 0 Å². The van der Waals surface area contributed by atoms with E-state index in [9.17, 15) is 4.79 Å². The Labute approximate surface area is 67.4 Å². The molecule has 0 saturated carbocycles. The maximum atomic E-state index is 10.3. The van der Waals surface area contributed by atoms with Crippen LogP contribution in [-0.4, -0.2) is 24.3 Å². The zero-order valence-electron chi connectivity index (χ0n) is 7.01. The van der Waals surface area contributed by atoms with Crippen molar-refractivity contribution in [3.05, 3.63) is 0 Å². The van der Waals surface area contributed by atoms with Crippen molar-refractivity contribution in [2.24, 2.45) is 0 Å². The number of rotatable bonds is 5. The van der Waals surface area contributed by atoms with Gasteiger partial charge in [-0.1, -0.05) is 6.42 Å². The van der Waals surface area contributed by atoms with Gasteiger partial charge in [0, 0.05) is 13.0 Å². The van der Waals surface area contributed by atoms with Gasteiger partial charge in [0.2, 0.25) is 0 Å². The Morgan fingerprint density at radius 1 is 1.27 bits per heavy atom. The molecule has 0 fully saturated rings. The van der Waals surface area contributed by atoms with Crippen LogP contribution in [0.25, 0.3) is 0 Å². The van der Waals surface area contributed by atoms with Gasteiger partial charge in [-0.05, 0) is 19.8 Å². The van der Waals surface area contributed by atoms with Gasteiger partial charge in [0.25, 0.3) is 0 Å². The van der Waals surface area contributed by atoms with Crippen molar-refractivity contribution in [2.75, 3.05) is 6.61 Å². The normalized spacial score (nSPS) is 8.18. The van der Waals surface area contributed by atoms with E-state index in [1.54, 1.807) is 6.92 Å². The van der Waals surface area contributed by atoms with Gasteiger partial charge in [-0.3, -0.25) is 0 Å². The molecule has 0 aromatic heterocycles. The molecule has 11 heavy (non-hydrogen) atoms. The largest absolute Gasteiger partial charge is 0.396 e. The van der Waals surface area contributed by atoms with E-state index in [0.717, 1.165) is 19.3 Å². The summed E-state index contributed by atoms with van der Waals surface area (Å²) in [6.45, 7) is 3.84. The molecular weight excluding hydrogens is 144 g/mol. The summed E-state index contributed by atoms with van der Waals surface area (Å²) in [6.07, 6.45) is 3.39. The topological polar surface area (TPSA) is 54.4 Å². The van der Waals surface area contributed by atoms with Crippen LogP contribution >= 0.6 is 0 Å². The third-order valence-electron chi connectivity index (χ3n) is 1.19. The summed E-state index contributed by atoms with van der Waals surface area (Å²) in [7, 11) is 0. The quantitative estimate of drug-likeness (QED) is 0.609. The van der Waals surface area contributed by atoms with E-state index in [2.05, 4.69) is 0 Å². The average molecular weight is 160 g/mol. The van der Waals surface area contributed by atoms with E-state index in [1.807, 2.05) is 6.79 Å². The van der Waals surface area contributed by atoms with Crippen LogP contribution in [0.4, 0.5) is 0 Å². The van der Waals surface area contributed by atoms with Gasteiger partial charge in [-0.2, -0.15) is 0 Å². The molecule has 0 bridgehead atoms. The summed E-state index contributed by atoms with van der Waals surface area (Å²) in [5.74, 6) is 0.243. The standard InChI is InChI=1S/C7H14O2.CH2O/c1-7(9)5-3-2-4-6-8;1-2/h8H,2-6H2,1H3;1H2. The van der Waals surface area contributed by atoms with Crippen molar-refractivity contribution in [3.8, 4) is 0 Å². The minimum absolute atomic E-state index is 0.243. The minimum atomic E-state index is 0.243. The molecule has 0 atom stereocenters. The molecule has 0 rings (SSSR count). The Kier molecular flexibility index (Phi) is 14.1. The molecule has 3 heteroatoms. The number of hydrogen-bond donors (Lipinski definition) is 1. The van der Waals surface area contributed by atoms with Crippen LogP contribution in [0.3, 0.4) is 0 Å². The molecule has 0 heterocycles. The molecular formula is C8H16O3. The molecule has 0 aromatic rings. The monoisotopic (exact) mass is 160 g/mol. The summed E-state index contributed by atoms with van der Waals surface area (Å²) in [5, 5.41) is 8.35. The van der Waals surface area contributed by atoms with Crippen molar-refractivity contribution in [2.45, 2.75) is 32.6 Å². The lowest BCUT2D eigenvalue weighted by molar-refractivity contribution is -0.117. The van der Waals surface area contributed by atoms with Crippen LogP contribution in [0.1, 0.15) is 32.6 Å². The lowest BCUT2D eigenvalue weighted by Gasteiger charge is -1.93. The number of carbonyl (C=O) groups excluding carboxylic acids is 2. The predicted molar refractivity (Wildman–Crippen MR) is 43.4 cm³/mol. The minimum Gasteiger partial charge on any atom is -0.396 e. The van der Waals surface area contributed by atoms with Crippen LogP contribution in [0.15, 0.2) is 0 Å². The highest BCUT2D eigenvalue weighted by molar-refractivity contribution is 5.75. The molecule has 0 aromatic carbocycles. The van der Waals surface area contributed by atoms with Gasteiger partial charge in [0.15, 0.2) is 0 Å². The highest BCUT2D eigenvalue weighted by atomic mass is 16.2. The number of unbranched alkanes of at least 4 members (excludes halogenated alkanes) is 2. The number of ketones is 1. The van der Waals surface area contributed by atoms with Gasteiger partial charge in [-0.25, -0.2) is 0 Å². The number of Topliss-reactive ketones (excluding diaryl/α,β-unsaturated/α-hetero) is 1. The first-order valence-corrected chi connectivity index (χ1v) is 3.66. The average Bonchev–Trinajstić information content (AvgIpc) is 2.02. The maximum Gasteiger partial charge on any atom is 0.129 e. The summed E-state index contributed by atoms with van der Waals surface area (Å²) >= 11 is 0. The van der Waals surface area contributed by atoms with Gasteiger partial charge in [0.1, 0.15) is 12.6 Å². The molecule has 0 unspecified atom stereocenters. The van der Waals surface area contributed by atoms with Gasteiger partial charge < -0.3 is 14.7 Å². The van der Waals surface area contributed by atoms with Crippen molar-refractivity contribution in [3.63, 3.8) is 0 Å². The van der Waals surface area contributed by atoms with Crippen molar-refractivity contribution < 1.29 is 14.7 Å². The zero-order valence-corrected chi connectivity index (χ0v) is 7.01. The Morgan fingerprint density at radius 2 is 1.82 bits per heavy atom. The van der Waals surface area contributed by atoms with E-state index in [1.165, 1.54) is 0 Å². The first-order valence-electron chi connectivity index (χ1n) is 3.66. The van der Waals surface area contributed by atoms with Crippen molar-refractivity contribution >= 4 is 12.6 Å². The molecule has 0 aliphatic heterocycles. The predicted octanol–water partition coefficient (Wildman–Crippen LogP) is 0.943. The van der Waals surface area contributed by atoms with Gasteiger partial charge >= 0.3 is 0 Å². The van der Waals surface area contributed by atoms with Crippen molar-refractivity contribution in [1.29, 1.82) is 0 Å². The van der Waals surface area contributed by atoms with E-state index in [0.29, 0.717) is 6.42 Å². The molecule has 0 amide bonds. The summed E-state index contributed by atoms with van der Waals surface area (Å²) in [4.78, 5) is 18.3. The third-order valence-corrected chi connectivity index (χ3v) is 1.19. The maximum absolute atomic E-state index is 10.3. The Hall–Kier alpha value is -0.700. The van der Waals surface area contributed by atoms with E-state index < -0.39 is 0 Å². The fourth-order valence-electron chi connectivity index (χ4n) is 0.663. The Balaban J connectivity index is 0. The highest BCUT2D eigenvalue weighted by Gasteiger charge is 1.91. The van der Waals surface area contributed by atoms with Crippen LogP contribution in [0, 0.1) is 0 Å². The molecule has 0 radical (unpaired) electrons. The lowest BCUT2D eigenvalue weighted by atomic mass is 10.1. The molecule has 0 aliphatic carbocycles. The fraction of sp³-hybridized carbons (Fsp3) is 0.750. The first kappa shape index (κ1) is 12.9. The lowest BCUT2D eigenvalue weighted by Crippen LogP contribution is -1.90. The second kappa shape index (κ2) is 12.0. The molecule has 0 spiro atoms. The van der Waals surface area contributed by atoms with Gasteiger partial charge in [0.05, 0.1) is 0 Å². The third kappa shape index (κ3) is 17.6. The summed E-state index contributed by atoms with van der Waals surface area (Å²) < 4.78 is 0. The molecule has 0 aliphatic rings.